The van der Waals surface area contributed by atoms with Gasteiger partial charge in [0.1, 0.15) is 0 Å². The minimum Gasteiger partial charge on any atom is -0.309 e. The summed E-state index contributed by atoms with van der Waals surface area (Å²) < 4.78 is 2.43. The molecule has 260 valence electrons. The Morgan fingerprint density at radius 2 is 0.804 bits per heavy atom. The van der Waals surface area contributed by atoms with Crippen molar-refractivity contribution < 1.29 is 0 Å². The van der Waals surface area contributed by atoms with E-state index in [1.807, 2.05) is 36.4 Å². The van der Waals surface area contributed by atoms with Crippen molar-refractivity contribution >= 4 is 21.8 Å². The summed E-state index contributed by atoms with van der Waals surface area (Å²) in [5.41, 5.74) is 16.2. The summed E-state index contributed by atoms with van der Waals surface area (Å²) in [6, 6.07) is 69.6. The Morgan fingerprint density at radius 1 is 0.357 bits per heavy atom. The van der Waals surface area contributed by atoms with Crippen molar-refractivity contribution in [2.75, 3.05) is 0 Å². The van der Waals surface area contributed by atoms with Gasteiger partial charge in [-0.2, -0.15) is 0 Å². The summed E-state index contributed by atoms with van der Waals surface area (Å²) in [5, 5.41) is 2.40. The Labute approximate surface area is 324 Å². The van der Waals surface area contributed by atoms with Gasteiger partial charge in [0.25, 0.3) is 0 Å². The minimum atomic E-state index is -0.501. The SMILES string of the molecule is c1ccc(-c2nc(-c3ccccc3)nc(-c3ccc4c(c3)c3c5c(ccc3n4-c3ccccc3)-c3ccccc3C53c4ccccc4-c4ccccc43)n2)cc1. The standard InChI is InChI=1S/C52H32N4/c1-4-16-33(17-5-1)49-53-50(34-18-6-2-7-19-34)55-51(54-49)35-28-30-45-41(32-35)47-46(56(45)36-20-8-3-9-21-36)31-29-40-39-24-12-15-27-44(39)52(48(40)47)42-25-13-10-22-37(42)38-23-11-14-26-43(38)52/h1-32H. The smallest absolute Gasteiger partial charge is 0.164 e. The number of nitrogens with zero attached hydrogens (tertiary/aromatic N) is 4. The Balaban J connectivity index is 1.22. The molecule has 0 saturated heterocycles. The fraction of sp³-hybridized carbons (Fsp3) is 0.0192. The predicted octanol–water partition coefficient (Wildman–Crippen LogP) is 12.3. The summed E-state index contributed by atoms with van der Waals surface area (Å²) in [6.07, 6.45) is 0. The molecule has 2 aliphatic carbocycles. The van der Waals surface area contributed by atoms with Crippen molar-refractivity contribution in [3.63, 3.8) is 0 Å². The highest BCUT2D eigenvalue weighted by atomic mass is 15.0. The van der Waals surface area contributed by atoms with E-state index < -0.39 is 5.41 Å². The zero-order chi connectivity index (χ0) is 36.8. The number of fused-ring (bicyclic) bond motifs is 14. The van der Waals surface area contributed by atoms with Gasteiger partial charge in [-0.3, -0.25) is 0 Å². The lowest BCUT2D eigenvalue weighted by Gasteiger charge is -2.31. The van der Waals surface area contributed by atoms with Crippen LogP contribution < -0.4 is 0 Å². The first-order valence-corrected chi connectivity index (χ1v) is 19.1. The molecule has 1 spiro atoms. The molecule has 10 aromatic rings. The van der Waals surface area contributed by atoms with Gasteiger partial charge in [-0.05, 0) is 80.9 Å². The van der Waals surface area contributed by atoms with E-state index in [0.29, 0.717) is 17.5 Å². The monoisotopic (exact) mass is 712 g/mol. The molecule has 0 amide bonds. The molecular formula is C52H32N4. The van der Waals surface area contributed by atoms with Crippen molar-refractivity contribution in [2.45, 2.75) is 5.41 Å². The molecule has 4 heteroatoms. The van der Waals surface area contributed by atoms with Gasteiger partial charge in [-0.1, -0.05) is 158 Å². The van der Waals surface area contributed by atoms with Crippen LogP contribution in [0, 0.1) is 0 Å². The van der Waals surface area contributed by atoms with Crippen LogP contribution in [0.5, 0.6) is 0 Å². The Bertz CT molecular complexity index is 3060. The molecule has 8 aromatic carbocycles. The first-order valence-electron chi connectivity index (χ1n) is 19.1. The molecule has 0 unspecified atom stereocenters. The number of rotatable bonds is 4. The molecular weight excluding hydrogens is 681 g/mol. The maximum atomic E-state index is 5.16. The van der Waals surface area contributed by atoms with Crippen LogP contribution in [0.15, 0.2) is 194 Å². The molecule has 2 aromatic heterocycles. The van der Waals surface area contributed by atoms with Crippen molar-refractivity contribution in [3.8, 4) is 62.1 Å². The Hall–Kier alpha value is -7.43. The van der Waals surface area contributed by atoms with Gasteiger partial charge in [0, 0.05) is 33.2 Å². The molecule has 56 heavy (non-hydrogen) atoms. The van der Waals surface area contributed by atoms with Crippen molar-refractivity contribution in [1.29, 1.82) is 0 Å². The third kappa shape index (κ3) is 4.21. The predicted molar refractivity (Wildman–Crippen MR) is 227 cm³/mol. The molecule has 0 bridgehead atoms. The summed E-state index contributed by atoms with van der Waals surface area (Å²) in [7, 11) is 0. The lowest BCUT2D eigenvalue weighted by Crippen LogP contribution is -2.26. The highest BCUT2D eigenvalue weighted by molar-refractivity contribution is 6.17. The summed E-state index contributed by atoms with van der Waals surface area (Å²) >= 11 is 0. The fourth-order valence-corrected chi connectivity index (χ4v) is 9.63. The van der Waals surface area contributed by atoms with Gasteiger partial charge in [0.15, 0.2) is 17.5 Å². The van der Waals surface area contributed by atoms with Crippen LogP contribution >= 0.6 is 0 Å². The van der Waals surface area contributed by atoms with Crippen molar-refractivity contribution in [2.24, 2.45) is 0 Å². The number of benzene rings is 8. The highest BCUT2D eigenvalue weighted by Gasteiger charge is 2.52. The van der Waals surface area contributed by atoms with Crippen LogP contribution in [-0.2, 0) is 5.41 Å². The Kier molecular flexibility index (Phi) is 6.52. The third-order valence-electron chi connectivity index (χ3n) is 11.9. The molecule has 12 rings (SSSR count). The van der Waals surface area contributed by atoms with Crippen molar-refractivity contribution in [3.05, 3.63) is 216 Å². The topological polar surface area (TPSA) is 43.6 Å². The van der Waals surface area contributed by atoms with Gasteiger partial charge in [-0.25, -0.2) is 15.0 Å². The van der Waals surface area contributed by atoms with Gasteiger partial charge < -0.3 is 4.57 Å². The minimum absolute atomic E-state index is 0.501. The molecule has 0 aliphatic heterocycles. The van der Waals surface area contributed by atoms with Crippen molar-refractivity contribution in [1.82, 2.24) is 19.5 Å². The number of hydrogen-bond acceptors (Lipinski definition) is 3. The van der Waals surface area contributed by atoms with Gasteiger partial charge in [0.2, 0.25) is 0 Å². The fourth-order valence-electron chi connectivity index (χ4n) is 9.63. The average Bonchev–Trinajstić information content (AvgIpc) is 3.88. The number of aromatic nitrogens is 4. The molecule has 4 nitrogen and oxygen atoms in total. The van der Waals surface area contributed by atoms with Gasteiger partial charge in [0.05, 0.1) is 16.4 Å². The number of hydrogen-bond donors (Lipinski definition) is 0. The average molecular weight is 713 g/mol. The molecule has 0 N–H and O–H groups in total. The quantitative estimate of drug-likeness (QED) is 0.182. The van der Waals surface area contributed by atoms with E-state index in [0.717, 1.165) is 33.3 Å². The lowest BCUT2D eigenvalue weighted by atomic mass is 9.69. The number of para-hydroxylation sites is 1. The molecule has 0 atom stereocenters. The van der Waals surface area contributed by atoms with E-state index >= 15 is 0 Å². The van der Waals surface area contributed by atoms with E-state index in [9.17, 15) is 0 Å². The van der Waals surface area contributed by atoms with Crippen LogP contribution in [0.2, 0.25) is 0 Å². The van der Waals surface area contributed by atoms with Gasteiger partial charge in [-0.15, -0.1) is 0 Å². The molecule has 2 heterocycles. The van der Waals surface area contributed by atoms with E-state index in [-0.39, 0.29) is 0 Å². The summed E-state index contributed by atoms with van der Waals surface area (Å²) in [4.78, 5) is 15.3. The molecule has 0 saturated carbocycles. The lowest BCUT2D eigenvalue weighted by molar-refractivity contribution is 0.802. The molecule has 0 fully saturated rings. The zero-order valence-corrected chi connectivity index (χ0v) is 30.3. The van der Waals surface area contributed by atoms with Crippen LogP contribution in [0.1, 0.15) is 22.3 Å². The third-order valence-corrected chi connectivity index (χ3v) is 11.9. The maximum Gasteiger partial charge on any atom is 0.164 e. The Morgan fingerprint density at radius 3 is 1.36 bits per heavy atom. The normalized spacial score (nSPS) is 13.1. The first kappa shape index (κ1) is 31.0. The van der Waals surface area contributed by atoms with Crippen LogP contribution in [0.3, 0.4) is 0 Å². The zero-order valence-electron chi connectivity index (χ0n) is 30.3. The van der Waals surface area contributed by atoms with Crippen LogP contribution in [0.25, 0.3) is 83.9 Å². The highest BCUT2D eigenvalue weighted by Crippen LogP contribution is 2.64. The van der Waals surface area contributed by atoms with Crippen LogP contribution in [-0.4, -0.2) is 19.5 Å². The van der Waals surface area contributed by atoms with E-state index in [2.05, 4.69) is 162 Å². The first-order chi connectivity index (χ1) is 27.8. The maximum absolute atomic E-state index is 5.16. The summed E-state index contributed by atoms with van der Waals surface area (Å²) in [6.45, 7) is 0. The van der Waals surface area contributed by atoms with E-state index in [4.69, 9.17) is 15.0 Å². The largest absolute Gasteiger partial charge is 0.309 e. The second kappa shape index (κ2) is 11.8. The van der Waals surface area contributed by atoms with E-state index in [1.165, 1.54) is 55.4 Å². The molecule has 0 radical (unpaired) electrons. The summed E-state index contributed by atoms with van der Waals surface area (Å²) in [5.74, 6) is 1.94. The van der Waals surface area contributed by atoms with Gasteiger partial charge >= 0.3 is 0 Å². The van der Waals surface area contributed by atoms with E-state index in [1.54, 1.807) is 0 Å². The molecule has 2 aliphatic rings. The second-order valence-electron chi connectivity index (χ2n) is 14.7. The van der Waals surface area contributed by atoms with Crippen LogP contribution in [0.4, 0.5) is 0 Å². The second-order valence-corrected chi connectivity index (χ2v) is 14.7.